The lowest BCUT2D eigenvalue weighted by Gasteiger charge is -2.10. The van der Waals surface area contributed by atoms with Crippen LogP contribution in [-0.2, 0) is 17.8 Å². The van der Waals surface area contributed by atoms with Crippen LogP contribution in [0, 0.1) is 0 Å². The first-order valence-corrected chi connectivity index (χ1v) is 6.77. The number of hydrogen-bond donors (Lipinski definition) is 1. The Labute approximate surface area is 114 Å². The second-order valence-corrected chi connectivity index (χ2v) is 4.33. The maximum Gasteiger partial charge on any atom is 0.203 e. The Morgan fingerprint density at radius 3 is 2.89 bits per heavy atom. The van der Waals surface area contributed by atoms with Crippen LogP contribution >= 0.6 is 0 Å². The highest BCUT2D eigenvalue weighted by atomic mass is 16.5. The summed E-state index contributed by atoms with van der Waals surface area (Å²) in [5, 5.41) is 3.36. The fourth-order valence-electron chi connectivity index (χ4n) is 1.92. The van der Waals surface area contributed by atoms with Crippen molar-refractivity contribution in [2.24, 2.45) is 0 Å². The molecule has 1 aromatic heterocycles. The zero-order valence-corrected chi connectivity index (χ0v) is 11.4. The predicted octanol–water partition coefficient (Wildman–Crippen LogP) is 2.92. The first-order chi connectivity index (χ1) is 9.40. The Bertz CT molecular complexity index is 467. The third-order valence-corrected chi connectivity index (χ3v) is 2.90. The number of anilines is 1. The molecule has 0 unspecified atom stereocenters. The lowest BCUT2D eigenvalue weighted by molar-refractivity contribution is 0.142. The number of nitrogens with one attached hydrogen (secondary N) is 1. The van der Waals surface area contributed by atoms with Crippen LogP contribution in [0.3, 0.4) is 0 Å². The van der Waals surface area contributed by atoms with E-state index in [2.05, 4.69) is 27.0 Å². The van der Waals surface area contributed by atoms with Crippen molar-refractivity contribution in [1.82, 2.24) is 9.55 Å². The van der Waals surface area contributed by atoms with Crippen molar-refractivity contribution in [3.05, 3.63) is 48.3 Å². The molecule has 0 spiro atoms. The molecule has 2 aromatic rings. The molecule has 102 valence electrons. The standard InChI is InChI=1S/C15H21N3O/c1-2-19-12-6-10-18-11-9-16-15(18)17-13-14-7-4-3-5-8-14/h3-5,7-9,11H,2,6,10,12-13H2,1H3,(H,16,17). The van der Waals surface area contributed by atoms with Gasteiger partial charge in [-0.1, -0.05) is 30.3 Å². The van der Waals surface area contributed by atoms with Gasteiger partial charge in [0, 0.05) is 38.7 Å². The van der Waals surface area contributed by atoms with Crippen LogP contribution in [-0.4, -0.2) is 22.8 Å². The summed E-state index contributed by atoms with van der Waals surface area (Å²) in [6.45, 7) is 5.32. The topological polar surface area (TPSA) is 39.1 Å². The monoisotopic (exact) mass is 259 g/mol. The molecule has 0 radical (unpaired) electrons. The minimum atomic E-state index is 0.781. The number of hydrogen-bond acceptors (Lipinski definition) is 3. The van der Waals surface area contributed by atoms with Gasteiger partial charge in [-0.2, -0.15) is 0 Å². The van der Waals surface area contributed by atoms with Crippen molar-refractivity contribution < 1.29 is 4.74 Å². The first kappa shape index (κ1) is 13.6. The van der Waals surface area contributed by atoms with E-state index >= 15 is 0 Å². The first-order valence-electron chi connectivity index (χ1n) is 6.77. The molecule has 0 bridgehead atoms. The van der Waals surface area contributed by atoms with Crippen LogP contribution in [0.1, 0.15) is 18.9 Å². The summed E-state index contributed by atoms with van der Waals surface area (Å²) in [6.07, 6.45) is 4.83. The van der Waals surface area contributed by atoms with Gasteiger partial charge in [0.1, 0.15) is 0 Å². The van der Waals surface area contributed by atoms with Gasteiger partial charge in [0.05, 0.1) is 0 Å². The lowest BCUT2D eigenvalue weighted by Crippen LogP contribution is -2.08. The minimum Gasteiger partial charge on any atom is -0.382 e. The molecule has 0 aliphatic carbocycles. The number of rotatable bonds is 8. The van der Waals surface area contributed by atoms with E-state index in [9.17, 15) is 0 Å². The highest BCUT2D eigenvalue weighted by Gasteiger charge is 2.01. The normalized spacial score (nSPS) is 10.6. The van der Waals surface area contributed by atoms with E-state index in [1.165, 1.54) is 5.56 Å². The largest absolute Gasteiger partial charge is 0.382 e. The van der Waals surface area contributed by atoms with E-state index in [-0.39, 0.29) is 0 Å². The van der Waals surface area contributed by atoms with E-state index in [0.717, 1.165) is 38.7 Å². The van der Waals surface area contributed by atoms with E-state index in [1.807, 2.05) is 37.5 Å². The second-order valence-electron chi connectivity index (χ2n) is 4.33. The SMILES string of the molecule is CCOCCCn1ccnc1NCc1ccccc1. The van der Waals surface area contributed by atoms with Crippen LogP contribution in [0.25, 0.3) is 0 Å². The number of aryl methyl sites for hydroxylation is 1. The van der Waals surface area contributed by atoms with Gasteiger partial charge in [-0.25, -0.2) is 4.98 Å². The maximum absolute atomic E-state index is 5.35. The summed E-state index contributed by atoms with van der Waals surface area (Å²) in [5.74, 6) is 0.917. The van der Waals surface area contributed by atoms with Gasteiger partial charge in [-0.05, 0) is 18.9 Å². The quantitative estimate of drug-likeness (QED) is 0.741. The van der Waals surface area contributed by atoms with Gasteiger partial charge in [0.15, 0.2) is 0 Å². The predicted molar refractivity (Wildman–Crippen MR) is 77.1 cm³/mol. The Balaban J connectivity index is 1.82. The molecule has 1 N–H and O–H groups in total. The lowest BCUT2D eigenvalue weighted by atomic mass is 10.2. The number of imidazole rings is 1. The molecule has 2 rings (SSSR count). The van der Waals surface area contributed by atoms with Crippen LogP contribution in [0.2, 0.25) is 0 Å². The third-order valence-electron chi connectivity index (χ3n) is 2.90. The summed E-state index contributed by atoms with van der Waals surface area (Å²) in [7, 11) is 0. The summed E-state index contributed by atoms with van der Waals surface area (Å²) in [6, 6.07) is 10.3. The fourth-order valence-corrected chi connectivity index (χ4v) is 1.92. The molecule has 0 saturated heterocycles. The average molecular weight is 259 g/mol. The molecular formula is C15H21N3O. The number of nitrogens with zero attached hydrogens (tertiary/aromatic N) is 2. The maximum atomic E-state index is 5.35. The van der Waals surface area contributed by atoms with Crippen molar-refractivity contribution in [3.8, 4) is 0 Å². The number of aromatic nitrogens is 2. The van der Waals surface area contributed by atoms with Crippen molar-refractivity contribution in [1.29, 1.82) is 0 Å². The zero-order valence-electron chi connectivity index (χ0n) is 11.4. The molecular weight excluding hydrogens is 238 g/mol. The van der Waals surface area contributed by atoms with Crippen LogP contribution in [0.4, 0.5) is 5.95 Å². The summed E-state index contributed by atoms with van der Waals surface area (Å²) < 4.78 is 7.47. The summed E-state index contributed by atoms with van der Waals surface area (Å²) in [4.78, 5) is 4.34. The molecule has 19 heavy (non-hydrogen) atoms. The molecule has 4 heteroatoms. The minimum absolute atomic E-state index is 0.781. The van der Waals surface area contributed by atoms with Crippen molar-refractivity contribution in [2.45, 2.75) is 26.4 Å². The van der Waals surface area contributed by atoms with Gasteiger partial charge in [-0.15, -0.1) is 0 Å². The third kappa shape index (κ3) is 4.41. The fraction of sp³-hybridized carbons (Fsp3) is 0.400. The summed E-state index contributed by atoms with van der Waals surface area (Å²) in [5.41, 5.74) is 1.26. The Hall–Kier alpha value is -1.81. The molecule has 0 fully saturated rings. The van der Waals surface area contributed by atoms with E-state index in [0.29, 0.717) is 0 Å². The van der Waals surface area contributed by atoms with E-state index < -0.39 is 0 Å². The van der Waals surface area contributed by atoms with Crippen LogP contribution in [0.15, 0.2) is 42.7 Å². The van der Waals surface area contributed by atoms with Crippen molar-refractivity contribution >= 4 is 5.95 Å². The van der Waals surface area contributed by atoms with E-state index in [1.54, 1.807) is 0 Å². The van der Waals surface area contributed by atoms with Gasteiger partial charge in [-0.3, -0.25) is 0 Å². The van der Waals surface area contributed by atoms with Gasteiger partial charge in [0.25, 0.3) is 0 Å². The highest BCUT2D eigenvalue weighted by molar-refractivity contribution is 5.28. The highest BCUT2D eigenvalue weighted by Crippen LogP contribution is 2.08. The van der Waals surface area contributed by atoms with Gasteiger partial charge in [0.2, 0.25) is 5.95 Å². The molecule has 1 aromatic carbocycles. The molecule has 0 aliphatic heterocycles. The van der Waals surface area contributed by atoms with E-state index in [4.69, 9.17) is 4.74 Å². The smallest absolute Gasteiger partial charge is 0.203 e. The number of benzene rings is 1. The second kappa shape index (κ2) is 7.59. The zero-order chi connectivity index (χ0) is 13.3. The molecule has 0 atom stereocenters. The molecule has 4 nitrogen and oxygen atoms in total. The Morgan fingerprint density at radius 2 is 2.11 bits per heavy atom. The number of ether oxygens (including phenoxy) is 1. The van der Waals surface area contributed by atoms with Crippen LogP contribution in [0.5, 0.6) is 0 Å². The molecule has 0 saturated carbocycles. The van der Waals surface area contributed by atoms with Gasteiger partial charge >= 0.3 is 0 Å². The van der Waals surface area contributed by atoms with Crippen molar-refractivity contribution in [3.63, 3.8) is 0 Å². The van der Waals surface area contributed by atoms with Crippen molar-refractivity contribution in [2.75, 3.05) is 18.5 Å². The van der Waals surface area contributed by atoms with Gasteiger partial charge < -0.3 is 14.6 Å². The molecule has 1 heterocycles. The molecule has 0 amide bonds. The Kier molecular flexibility index (Phi) is 5.44. The molecule has 0 aliphatic rings. The Morgan fingerprint density at radius 1 is 1.26 bits per heavy atom. The summed E-state index contributed by atoms with van der Waals surface area (Å²) >= 11 is 0. The van der Waals surface area contributed by atoms with Crippen LogP contribution < -0.4 is 5.32 Å². The average Bonchev–Trinajstić information content (AvgIpc) is 2.90.